The molecule has 88 valence electrons. The van der Waals surface area contributed by atoms with Gasteiger partial charge >= 0.3 is 5.97 Å². The smallest absolute Gasteiger partial charge is 0.332 e. The maximum Gasteiger partial charge on any atom is 0.332 e. The average Bonchev–Trinajstić information content (AvgIpc) is 2.70. The fraction of sp³-hybridized carbons (Fsp3) is 0.500. The van der Waals surface area contributed by atoms with E-state index in [2.05, 4.69) is 15.6 Å². The molecule has 0 aliphatic carbocycles. The van der Waals surface area contributed by atoms with Crippen molar-refractivity contribution in [2.24, 2.45) is 0 Å². The van der Waals surface area contributed by atoms with Gasteiger partial charge in [-0.15, -0.1) is 5.10 Å². The van der Waals surface area contributed by atoms with Crippen molar-refractivity contribution >= 4 is 11.9 Å². The lowest BCUT2D eigenvalue weighted by atomic mass is 10.2. The molecule has 0 saturated carbocycles. The van der Waals surface area contributed by atoms with E-state index in [-0.39, 0.29) is 25.4 Å². The van der Waals surface area contributed by atoms with Crippen molar-refractivity contribution in [3.63, 3.8) is 0 Å². The number of aliphatic hydroxyl groups is 1. The Morgan fingerprint density at radius 1 is 1.50 bits per heavy atom. The van der Waals surface area contributed by atoms with Crippen LogP contribution in [-0.2, 0) is 16.1 Å². The van der Waals surface area contributed by atoms with Gasteiger partial charge < -0.3 is 15.5 Å². The van der Waals surface area contributed by atoms with Crippen LogP contribution in [0.5, 0.6) is 0 Å². The number of hydrogen-bond acceptors (Lipinski definition) is 5. The molecule has 0 fully saturated rings. The summed E-state index contributed by atoms with van der Waals surface area (Å²) in [5.41, 5.74) is 0. The van der Waals surface area contributed by atoms with Crippen molar-refractivity contribution in [1.29, 1.82) is 0 Å². The highest BCUT2D eigenvalue weighted by molar-refractivity contribution is 5.75. The molecule has 0 spiro atoms. The molecule has 1 rings (SSSR count). The number of nitrogens with one attached hydrogen (secondary N) is 1. The van der Waals surface area contributed by atoms with Crippen LogP contribution >= 0.6 is 0 Å². The van der Waals surface area contributed by atoms with E-state index in [1.54, 1.807) is 0 Å². The Bertz CT molecular complexity index is 351. The number of aliphatic carboxylic acids is 1. The molecule has 8 nitrogen and oxygen atoms in total. The van der Waals surface area contributed by atoms with E-state index in [4.69, 9.17) is 10.2 Å². The van der Waals surface area contributed by atoms with Crippen molar-refractivity contribution in [3.05, 3.63) is 12.4 Å². The van der Waals surface area contributed by atoms with E-state index >= 15 is 0 Å². The molecule has 1 aromatic rings. The number of aliphatic hydroxyl groups excluding tert-OH is 1. The van der Waals surface area contributed by atoms with Crippen LogP contribution in [0.3, 0.4) is 0 Å². The van der Waals surface area contributed by atoms with E-state index in [1.807, 2.05) is 0 Å². The zero-order valence-corrected chi connectivity index (χ0v) is 8.41. The summed E-state index contributed by atoms with van der Waals surface area (Å²) in [7, 11) is 0. The van der Waals surface area contributed by atoms with Gasteiger partial charge in [0, 0.05) is 19.2 Å². The van der Waals surface area contributed by atoms with Crippen molar-refractivity contribution in [3.8, 4) is 0 Å². The molecular formula is C8H12N4O4. The van der Waals surface area contributed by atoms with Gasteiger partial charge in [0.1, 0.15) is 6.54 Å². The van der Waals surface area contributed by atoms with Crippen LogP contribution in [0, 0.1) is 0 Å². The first-order valence-electron chi connectivity index (χ1n) is 4.61. The molecule has 0 aliphatic rings. The highest BCUT2D eigenvalue weighted by Crippen LogP contribution is 1.89. The predicted molar refractivity (Wildman–Crippen MR) is 51.3 cm³/mol. The van der Waals surface area contributed by atoms with Gasteiger partial charge in [-0.3, -0.25) is 4.79 Å². The summed E-state index contributed by atoms with van der Waals surface area (Å²) in [6.45, 7) is 0.115. The summed E-state index contributed by atoms with van der Waals surface area (Å²) in [6, 6.07) is 0. The van der Waals surface area contributed by atoms with Crippen LogP contribution in [0.15, 0.2) is 12.4 Å². The van der Waals surface area contributed by atoms with Crippen LogP contribution in [0.1, 0.15) is 6.42 Å². The number of amides is 1. The lowest BCUT2D eigenvalue weighted by Crippen LogP contribution is -2.32. The molecule has 0 radical (unpaired) electrons. The quantitative estimate of drug-likeness (QED) is 0.530. The monoisotopic (exact) mass is 228 g/mol. The molecule has 1 unspecified atom stereocenters. The number of carbonyl (C=O) groups excluding carboxylic acids is 1. The topological polar surface area (TPSA) is 117 Å². The average molecular weight is 228 g/mol. The van der Waals surface area contributed by atoms with E-state index < -0.39 is 12.1 Å². The molecule has 16 heavy (non-hydrogen) atoms. The number of carboxylic acid groups (broad SMARTS) is 1. The fourth-order valence-electron chi connectivity index (χ4n) is 0.992. The summed E-state index contributed by atoms with van der Waals surface area (Å²) < 4.78 is 1.34. The lowest BCUT2D eigenvalue weighted by Gasteiger charge is -2.06. The SMILES string of the molecule is O=C(Cn1ccnn1)NCCC(O)C(=O)O. The van der Waals surface area contributed by atoms with Crippen LogP contribution in [-0.4, -0.2) is 49.7 Å². The molecule has 8 heteroatoms. The minimum Gasteiger partial charge on any atom is -0.479 e. The maximum absolute atomic E-state index is 11.2. The van der Waals surface area contributed by atoms with Gasteiger partial charge in [0.2, 0.25) is 5.91 Å². The molecule has 3 N–H and O–H groups in total. The summed E-state index contributed by atoms with van der Waals surface area (Å²) in [4.78, 5) is 21.5. The zero-order valence-electron chi connectivity index (χ0n) is 8.41. The van der Waals surface area contributed by atoms with Gasteiger partial charge in [-0.25, -0.2) is 9.48 Å². The van der Waals surface area contributed by atoms with E-state index in [9.17, 15) is 9.59 Å². The number of aromatic nitrogens is 3. The zero-order chi connectivity index (χ0) is 12.0. The first-order chi connectivity index (χ1) is 7.59. The predicted octanol–water partition coefficient (Wildman–Crippen LogP) is -1.77. The summed E-state index contributed by atoms with van der Waals surface area (Å²) in [6.07, 6.45) is 1.50. The molecule has 0 aromatic carbocycles. The Labute approximate surface area is 90.9 Å². The van der Waals surface area contributed by atoms with Crippen molar-refractivity contribution in [2.45, 2.75) is 19.1 Å². The van der Waals surface area contributed by atoms with Crippen LogP contribution in [0.2, 0.25) is 0 Å². The standard InChI is InChI=1S/C8H12N4O4/c13-6(8(15)16)1-2-9-7(14)5-12-4-3-10-11-12/h3-4,6,13H,1-2,5H2,(H,9,14)(H,15,16). The van der Waals surface area contributed by atoms with Gasteiger partial charge in [-0.2, -0.15) is 0 Å². The number of carboxylic acids is 1. The highest BCUT2D eigenvalue weighted by atomic mass is 16.4. The Kier molecular flexibility index (Phi) is 4.40. The van der Waals surface area contributed by atoms with Crippen LogP contribution in [0.4, 0.5) is 0 Å². The molecule has 1 heterocycles. The van der Waals surface area contributed by atoms with Crippen LogP contribution < -0.4 is 5.32 Å². The number of carbonyl (C=O) groups is 2. The third-order valence-corrected chi connectivity index (χ3v) is 1.80. The fourth-order valence-corrected chi connectivity index (χ4v) is 0.992. The number of hydrogen-bond donors (Lipinski definition) is 3. The second-order valence-electron chi connectivity index (χ2n) is 3.09. The minimum atomic E-state index is -1.45. The molecule has 1 amide bonds. The largest absolute Gasteiger partial charge is 0.479 e. The second-order valence-corrected chi connectivity index (χ2v) is 3.09. The van der Waals surface area contributed by atoms with Gasteiger partial charge in [-0.1, -0.05) is 5.21 Å². The summed E-state index contributed by atoms with van der Waals surface area (Å²) in [5, 5.41) is 26.9. The molecule has 0 bridgehead atoms. The van der Waals surface area contributed by atoms with Gasteiger partial charge in [-0.05, 0) is 0 Å². The Hall–Kier alpha value is -1.96. The van der Waals surface area contributed by atoms with E-state index in [1.165, 1.54) is 17.1 Å². The Balaban J connectivity index is 2.18. The molecule has 0 saturated heterocycles. The molecule has 1 aromatic heterocycles. The van der Waals surface area contributed by atoms with E-state index in [0.717, 1.165) is 0 Å². The van der Waals surface area contributed by atoms with Crippen molar-refractivity contribution in [2.75, 3.05) is 6.54 Å². The third kappa shape index (κ3) is 4.05. The minimum absolute atomic E-state index is 0.0170. The van der Waals surface area contributed by atoms with Crippen molar-refractivity contribution < 1.29 is 19.8 Å². The first-order valence-corrected chi connectivity index (χ1v) is 4.61. The third-order valence-electron chi connectivity index (χ3n) is 1.80. The van der Waals surface area contributed by atoms with Crippen LogP contribution in [0.25, 0.3) is 0 Å². The van der Waals surface area contributed by atoms with Gasteiger partial charge in [0.05, 0.1) is 6.20 Å². The first kappa shape index (κ1) is 12.1. The normalized spacial score (nSPS) is 12.1. The van der Waals surface area contributed by atoms with E-state index in [0.29, 0.717) is 0 Å². The second kappa shape index (κ2) is 5.81. The summed E-state index contributed by atoms with van der Waals surface area (Å²) >= 11 is 0. The molecule has 0 aliphatic heterocycles. The number of nitrogens with zero attached hydrogens (tertiary/aromatic N) is 3. The molecular weight excluding hydrogens is 216 g/mol. The Morgan fingerprint density at radius 3 is 2.81 bits per heavy atom. The maximum atomic E-state index is 11.2. The number of rotatable bonds is 6. The summed E-state index contributed by atoms with van der Waals surface area (Å²) in [5.74, 6) is -1.62. The molecule has 1 atom stereocenters. The van der Waals surface area contributed by atoms with Gasteiger partial charge in [0.25, 0.3) is 0 Å². The van der Waals surface area contributed by atoms with Crippen molar-refractivity contribution in [1.82, 2.24) is 20.3 Å². The highest BCUT2D eigenvalue weighted by Gasteiger charge is 2.12. The Morgan fingerprint density at radius 2 is 2.25 bits per heavy atom. The van der Waals surface area contributed by atoms with Gasteiger partial charge in [0.15, 0.2) is 6.10 Å². The lowest BCUT2D eigenvalue weighted by molar-refractivity contribution is -0.147.